The molecule has 196 valence electrons. The Balaban J connectivity index is 2.01. The number of alkyl halides is 3. The molecule has 1 heterocycles. The Morgan fingerprint density at radius 1 is 1.16 bits per heavy atom. The fourth-order valence-corrected chi connectivity index (χ4v) is 3.70. The number of halogens is 4. The lowest BCUT2D eigenvalue weighted by molar-refractivity contribution is -0.385. The average Bonchev–Trinajstić information content (AvgIpc) is 2.79. The maximum atomic E-state index is 13.1. The molecule has 37 heavy (non-hydrogen) atoms. The number of nitrogens with zero attached hydrogens (tertiary/aromatic N) is 4. The second-order valence-corrected chi connectivity index (χ2v) is 9.73. The van der Waals surface area contributed by atoms with Crippen molar-refractivity contribution in [3.63, 3.8) is 0 Å². The summed E-state index contributed by atoms with van der Waals surface area (Å²) in [5, 5.41) is 19.1. The zero-order valence-corrected chi connectivity index (χ0v) is 21.3. The van der Waals surface area contributed by atoms with Crippen LogP contribution in [0.15, 0.2) is 46.3 Å². The molecule has 0 fully saturated rings. The minimum atomic E-state index is -4.62. The van der Waals surface area contributed by atoms with E-state index >= 15 is 0 Å². The summed E-state index contributed by atoms with van der Waals surface area (Å²) in [6.07, 6.45) is -3.03. The van der Waals surface area contributed by atoms with E-state index in [0.29, 0.717) is 6.07 Å². The molecule has 0 saturated carbocycles. The zero-order valence-electron chi connectivity index (χ0n) is 19.7. The summed E-state index contributed by atoms with van der Waals surface area (Å²) in [6, 6.07) is 5.52. The smallest absolute Gasteiger partial charge is 0.416 e. The third-order valence-electron chi connectivity index (χ3n) is 4.84. The van der Waals surface area contributed by atoms with Crippen LogP contribution in [0.4, 0.5) is 18.9 Å². The van der Waals surface area contributed by atoms with Crippen LogP contribution < -0.4 is 15.7 Å². The first kappa shape index (κ1) is 27.9. The van der Waals surface area contributed by atoms with Crippen LogP contribution in [0.1, 0.15) is 42.4 Å². The Kier molecular flexibility index (Phi) is 7.83. The highest BCUT2D eigenvalue weighted by atomic mass is 35.5. The number of thioether (sulfide) groups is 1. The number of amides is 1. The molecule has 1 amide bonds. The van der Waals surface area contributed by atoms with Crippen LogP contribution in [0.3, 0.4) is 0 Å². The number of aromatic nitrogens is 3. The van der Waals surface area contributed by atoms with Gasteiger partial charge in [0.25, 0.3) is 17.2 Å². The van der Waals surface area contributed by atoms with Gasteiger partial charge in [-0.05, 0) is 30.5 Å². The zero-order chi connectivity index (χ0) is 27.7. The van der Waals surface area contributed by atoms with Crippen molar-refractivity contribution in [2.45, 2.75) is 37.5 Å². The highest BCUT2D eigenvalue weighted by Gasteiger charge is 2.31. The van der Waals surface area contributed by atoms with E-state index in [4.69, 9.17) is 16.3 Å². The quantitative estimate of drug-likeness (QED) is 0.242. The van der Waals surface area contributed by atoms with Crippen LogP contribution in [0.25, 0.3) is 0 Å². The number of nitro groups is 1. The number of benzene rings is 2. The Bertz CT molecular complexity index is 1440. The van der Waals surface area contributed by atoms with Gasteiger partial charge in [0.15, 0.2) is 0 Å². The van der Waals surface area contributed by atoms with Crippen LogP contribution in [0, 0.1) is 10.1 Å². The van der Waals surface area contributed by atoms with E-state index in [-0.39, 0.29) is 27.4 Å². The molecule has 1 N–H and O–H groups in total. The van der Waals surface area contributed by atoms with E-state index in [1.165, 1.54) is 0 Å². The summed E-state index contributed by atoms with van der Waals surface area (Å²) < 4.78 is 45.0. The van der Waals surface area contributed by atoms with Crippen molar-refractivity contribution >= 4 is 35.0 Å². The Labute approximate surface area is 216 Å². The average molecular weight is 558 g/mol. The van der Waals surface area contributed by atoms with Crippen LogP contribution in [-0.2, 0) is 11.6 Å². The van der Waals surface area contributed by atoms with E-state index < -0.39 is 44.8 Å². The maximum absolute atomic E-state index is 13.1. The lowest BCUT2D eigenvalue weighted by atomic mass is 9.93. The maximum Gasteiger partial charge on any atom is 0.416 e. The van der Waals surface area contributed by atoms with Gasteiger partial charge >= 0.3 is 6.18 Å². The SMILES string of the molecule is CSc1nnc(C(C)(C)C)c(=O)n1NC(=O)c1cc(Oc2ccc(C(F)(F)F)cc2Cl)ccc1[N+](=O)[O-]. The van der Waals surface area contributed by atoms with Crippen molar-refractivity contribution in [2.24, 2.45) is 0 Å². The Morgan fingerprint density at radius 3 is 2.38 bits per heavy atom. The summed E-state index contributed by atoms with van der Waals surface area (Å²) >= 11 is 6.92. The molecule has 15 heteroatoms. The van der Waals surface area contributed by atoms with Crippen molar-refractivity contribution in [1.82, 2.24) is 14.9 Å². The first-order valence-corrected chi connectivity index (χ1v) is 11.9. The molecule has 0 unspecified atom stereocenters. The lowest BCUT2D eigenvalue weighted by Crippen LogP contribution is -2.40. The predicted octanol–water partition coefficient (Wildman–Crippen LogP) is 5.41. The predicted molar refractivity (Wildman–Crippen MR) is 130 cm³/mol. The van der Waals surface area contributed by atoms with Crippen molar-refractivity contribution in [2.75, 3.05) is 11.7 Å². The molecule has 2 aromatic carbocycles. The molecule has 0 radical (unpaired) electrons. The second kappa shape index (κ2) is 10.4. The molecule has 0 aliphatic rings. The molecule has 3 rings (SSSR count). The van der Waals surface area contributed by atoms with Crippen LogP contribution >= 0.6 is 23.4 Å². The van der Waals surface area contributed by atoms with Gasteiger partial charge in [-0.3, -0.25) is 25.1 Å². The number of carbonyl (C=O) groups is 1. The van der Waals surface area contributed by atoms with Crippen LogP contribution in [-0.4, -0.2) is 32.0 Å². The molecule has 0 aliphatic carbocycles. The number of nitro benzene ring substituents is 1. The normalized spacial score (nSPS) is 11.8. The first-order valence-electron chi connectivity index (χ1n) is 10.3. The van der Waals surface area contributed by atoms with Crippen molar-refractivity contribution in [3.8, 4) is 11.5 Å². The summed E-state index contributed by atoms with van der Waals surface area (Å²) in [4.78, 5) is 36.9. The number of hydrogen-bond acceptors (Lipinski definition) is 8. The fourth-order valence-electron chi connectivity index (χ4n) is 3.04. The number of rotatable bonds is 6. The van der Waals surface area contributed by atoms with E-state index in [1.54, 1.807) is 27.0 Å². The molecular weight excluding hydrogens is 539 g/mol. The van der Waals surface area contributed by atoms with Gasteiger partial charge in [0.1, 0.15) is 22.8 Å². The highest BCUT2D eigenvalue weighted by molar-refractivity contribution is 7.98. The van der Waals surface area contributed by atoms with E-state index in [2.05, 4.69) is 15.6 Å². The summed E-state index contributed by atoms with van der Waals surface area (Å²) in [5.74, 6) is -1.34. The van der Waals surface area contributed by atoms with Gasteiger partial charge in [-0.25, -0.2) is 0 Å². The third-order valence-corrected chi connectivity index (χ3v) is 5.76. The molecule has 3 aromatic rings. The van der Waals surface area contributed by atoms with Gasteiger partial charge in [-0.2, -0.15) is 17.8 Å². The lowest BCUT2D eigenvalue weighted by Gasteiger charge is -2.19. The molecule has 0 atom stereocenters. The number of carbonyl (C=O) groups excluding carboxylic acids is 1. The van der Waals surface area contributed by atoms with E-state index in [0.717, 1.165) is 46.8 Å². The minimum Gasteiger partial charge on any atom is -0.456 e. The number of hydrogen-bond donors (Lipinski definition) is 1. The Morgan fingerprint density at radius 2 is 1.84 bits per heavy atom. The van der Waals surface area contributed by atoms with Gasteiger partial charge < -0.3 is 4.74 Å². The van der Waals surface area contributed by atoms with Crippen molar-refractivity contribution in [3.05, 3.63) is 78.7 Å². The van der Waals surface area contributed by atoms with Crippen molar-refractivity contribution in [1.29, 1.82) is 0 Å². The van der Waals surface area contributed by atoms with Crippen molar-refractivity contribution < 1.29 is 27.6 Å². The van der Waals surface area contributed by atoms with Gasteiger partial charge in [0.2, 0.25) is 5.16 Å². The van der Waals surface area contributed by atoms with Crippen LogP contribution in [0.2, 0.25) is 5.02 Å². The highest BCUT2D eigenvalue weighted by Crippen LogP contribution is 2.37. The monoisotopic (exact) mass is 557 g/mol. The molecule has 0 aliphatic heterocycles. The third kappa shape index (κ3) is 6.20. The molecule has 1 aromatic heterocycles. The standard InChI is InChI=1S/C22H19ClF3N5O5S/c1-21(2,3)17-19(33)30(20(37-4)28-27-17)29-18(32)13-10-12(6-7-15(13)31(34)35)36-16-8-5-11(9-14(16)23)22(24,25)26/h5-10H,1-4H3,(H,29,32). The summed E-state index contributed by atoms with van der Waals surface area (Å²) in [7, 11) is 0. The van der Waals surface area contributed by atoms with E-state index in [9.17, 15) is 32.9 Å². The minimum absolute atomic E-state index is 0.0259. The molecule has 10 nitrogen and oxygen atoms in total. The fraction of sp³-hybridized carbons (Fsp3) is 0.273. The van der Waals surface area contributed by atoms with Crippen LogP contribution in [0.5, 0.6) is 11.5 Å². The van der Waals surface area contributed by atoms with Gasteiger partial charge in [0, 0.05) is 17.5 Å². The van der Waals surface area contributed by atoms with Gasteiger partial charge in [-0.1, -0.05) is 44.1 Å². The number of ether oxygens (including phenoxy) is 1. The first-order chi connectivity index (χ1) is 17.1. The molecule has 0 saturated heterocycles. The number of nitrogens with one attached hydrogen (secondary N) is 1. The molecule has 0 spiro atoms. The largest absolute Gasteiger partial charge is 0.456 e. The topological polar surface area (TPSA) is 129 Å². The Hall–Kier alpha value is -3.65. The van der Waals surface area contributed by atoms with E-state index in [1.807, 2.05) is 0 Å². The molecule has 0 bridgehead atoms. The summed E-state index contributed by atoms with van der Waals surface area (Å²) in [5.41, 5.74) is -1.12. The second-order valence-electron chi connectivity index (χ2n) is 8.55. The van der Waals surface area contributed by atoms with Gasteiger partial charge in [-0.15, -0.1) is 10.2 Å². The summed E-state index contributed by atoms with van der Waals surface area (Å²) in [6.45, 7) is 5.17. The molecular formula is C22H19ClF3N5O5S. The van der Waals surface area contributed by atoms with Gasteiger partial charge in [0.05, 0.1) is 15.5 Å².